The molecule has 7 heteroatoms. The second kappa shape index (κ2) is 9.46. The molecule has 0 aromatic carbocycles. The van der Waals surface area contributed by atoms with Crippen molar-refractivity contribution in [1.29, 1.82) is 0 Å². The molecule has 0 heterocycles. The van der Waals surface area contributed by atoms with Crippen LogP contribution in [-0.2, 0) is 13.2 Å². The third-order valence-electron chi connectivity index (χ3n) is 2.04. The van der Waals surface area contributed by atoms with Crippen LogP contribution in [0.3, 0.4) is 0 Å². The average molecular weight is 330 g/mol. The molecule has 0 aliphatic carbocycles. The Labute approximate surface area is 124 Å². The van der Waals surface area contributed by atoms with Gasteiger partial charge in [-0.15, -0.1) is 9.24 Å². The smallest absolute Gasteiger partial charge is 0.307 e. The number of carboxylic acids is 1. The van der Waals surface area contributed by atoms with E-state index in [0.29, 0.717) is 30.8 Å². The van der Waals surface area contributed by atoms with E-state index in [1.807, 2.05) is 0 Å². The maximum absolute atomic E-state index is 10.9. The Morgan fingerprint density at radius 2 is 1.58 bits per heavy atom. The van der Waals surface area contributed by atoms with Gasteiger partial charge < -0.3 is 5.11 Å². The van der Waals surface area contributed by atoms with Crippen LogP contribution in [0.2, 0.25) is 0 Å². The minimum Gasteiger partial charge on any atom is -0.481 e. The molecule has 0 bridgehead atoms. The SMILES string of the molecule is CC(C)COS(P)(OCC(C)C)SCC(C)C(=O)O. The third-order valence-corrected chi connectivity index (χ3v) is 7.94. The van der Waals surface area contributed by atoms with Crippen LogP contribution >= 0.6 is 28.5 Å². The molecule has 0 aliphatic rings. The van der Waals surface area contributed by atoms with E-state index in [9.17, 15) is 4.79 Å². The van der Waals surface area contributed by atoms with Gasteiger partial charge in [-0.25, -0.2) is 0 Å². The summed E-state index contributed by atoms with van der Waals surface area (Å²) in [5.74, 6) is 0.152. The van der Waals surface area contributed by atoms with Gasteiger partial charge in [-0.2, -0.15) is 0 Å². The summed E-state index contributed by atoms with van der Waals surface area (Å²) in [5.41, 5.74) is 0. The van der Waals surface area contributed by atoms with E-state index >= 15 is 0 Å². The van der Waals surface area contributed by atoms with Gasteiger partial charge in [-0.3, -0.25) is 13.2 Å². The summed E-state index contributed by atoms with van der Waals surface area (Å²) in [6.07, 6.45) is 0. The van der Waals surface area contributed by atoms with E-state index in [1.165, 1.54) is 10.8 Å². The number of aliphatic carboxylic acids is 1. The van der Waals surface area contributed by atoms with Gasteiger partial charge >= 0.3 is 5.97 Å². The second-order valence-corrected chi connectivity index (χ2v) is 12.4. The lowest BCUT2D eigenvalue weighted by molar-refractivity contribution is -0.140. The maximum Gasteiger partial charge on any atom is 0.307 e. The van der Waals surface area contributed by atoms with Gasteiger partial charge in [0.2, 0.25) is 0 Å². The van der Waals surface area contributed by atoms with Crippen molar-refractivity contribution in [3.63, 3.8) is 0 Å². The van der Waals surface area contributed by atoms with E-state index in [-0.39, 0.29) is 0 Å². The first-order chi connectivity index (χ1) is 8.66. The van der Waals surface area contributed by atoms with Crippen LogP contribution in [0.15, 0.2) is 0 Å². The minimum absolute atomic E-state index is 0.400. The molecular formula is C12H27O4PS2. The Bertz CT molecular complexity index is 262. The van der Waals surface area contributed by atoms with Crippen molar-refractivity contribution >= 4 is 34.4 Å². The Morgan fingerprint density at radius 3 is 1.89 bits per heavy atom. The normalized spacial score (nSPS) is 14.9. The largest absolute Gasteiger partial charge is 0.481 e. The molecule has 0 rings (SSSR count). The molecule has 0 spiro atoms. The maximum atomic E-state index is 10.9. The molecule has 1 N–H and O–H groups in total. The zero-order valence-electron chi connectivity index (χ0n) is 12.4. The molecule has 0 saturated carbocycles. The van der Waals surface area contributed by atoms with Gasteiger partial charge in [-0.05, 0) is 31.1 Å². The molecule has 2 unspecified atom stereocenters. The molecule has 0 saturated heterocycles. The zero-order chi connectivity index (χ0) is 15.1. The molecule has 0 amide bonds. The van der Waals surface area contributed by atoms with E-state index in [0.717, 1.165) is 0 Å². The molecular weight excluding hydrogens is 303 g/mol. The molecule has 19 heavy (non-hydrogen) atoms. The van der Waals surface area contributed by atoms with E-state index in [4.69, 9.17) is 13.5 Å². The monoisotopic (exact) mass is 330 g/mol. The molecule has 0 aliphatic heterocycles. The molecule has 0 aromatic heterocycles. The molecule has 116 valence electrons. The third kappa shape index (κ3) is 9.97. The Hall–Kier alpha value is 0.520. The molecule has 2 atom stereocenters. The number of hydrogen-bond acceptors (Lipinski definition) is 4. The fourth-order valence-corrected chi connectivity index (χ4v) is 5.60. The van der Waals surface area contributed by atoms with Gasteiger partial charge in [0.15, 0.2) is 0 Å². The summed E-state index contributed by atoms with van der Waals surface area (Å²) in [4.78, 5) is 10.9. The topological polar surface area (TPSA) is 55.8 Å². The highest BCUT2D eigenvalue weighted by molar-refractivity contribution is 9.07. The molecule has 0 radical (unpaired) electrons. The Kier molecular flexibility index (Phi) is 9.71. The van der Waals surface area contributed by atoms with Crippen LogP contribution in [0.4, 0.5) is 0 Å². The molecule has 0 aromatic rings. The van der Waals surface area contributed by atoms with E-state index in [1.54, 1.807) is 6.92 Å². The minimum atomic E-state index is -1.79. The Balaban J connectivity index is 4.42. The van der Waals surface area contributed by atoms with Crippen LogP contribution in [-0.4, -0.2) is 30.0 Å². The predicted molar refractivity (Wildman–Crippen MR) is 88.1 cm³/mol. The fraction of sp³-hybridized carbons (Fsp3) is 0.917. The average Bonchev–Trinajstić information content (AvgIpc) is 2.31. The first-order valence-electron chi connectivity index (χ1n) is 6.43. The van der Waals surface area contributed by atoms with Gasteiger partial charge in [0.05, 0.1) is 19.1 Å². The van der Waals surface area contributed by atoms with Crippen LogP contribution in [0.25, 0.3) is 0 Å². The summed E-state index contributed by atoms with van der Waals surface area (Å²) in [6.45, 7) is 11.3. The lowest BCUT2D eigenvalue weighted by atomic mass is 10.2. The lowest BCUT2D eigenvalue weighted by Gasteiger charge is -2.39. The van der Waals surface area contributed by atoms with Crippen LogP contribution in [0.5, 0.6) is 0 Å². The quantitative estimate of drug-likeness (QED) is 0.482. The highest BCUT2D eigenvalue weighted by Gasteiger charge is 2.22. The van der Waals surface area contributed by atoms with Gasteiger partial charge in [-0.1, -0.05) is 34.6 Å². The molecule has 4 nitrogen and oxygen atoms in total. The summed E-state index contributed by atoms with van der Waals surface area (Å²) >= 11 is 0. The lowest BCUT2D eigenvalue weighted by Crippen LogP contribution is -2.14. The highest BCUT2D eigenvalue weighted by atomic mass is 33.4. The number of hydrogen-bond donors (Lipinski definition) is 1. The standard InChI is InChI=1S/C12H27O4PS2/c1-9(2)6-15-19(17,16-7-10(3)4)18-8-11(5)12(13)14/h9-11H,6-8,17H2,1-5H3,(H,13,14). The zero-order valence-corrected chi connectivity index (χ0v) is 15.2. The first kappa shape index (κ1) is 19.5. The Morgan fingerprint density at radius 1 is 1.16 bits per heavy atom. The van der Waals surface area contributed by atoms with Crippen molar-refractivity contribution in [3.05, 3.63) is 0 Å². The molecule has 0 fully saturated rings. The van der Waals surface area contributed by atoms with Crippen LogP contribution in [0, 0.1) is 17.8 Å². The van der Waals surface area contributed by atoms with E-state index in [2.05, 4.69) is 36.1 Å². The van der Waals surface area contributed by atoms with Gasteiger partial charge in [0.25, 0.3) is 0 Å². The van der Waals surface area contributed by atoms with E-state index < -0.39 is 21.1 Å². The van der Waals surface area contributed by atoms with Crippen molar-refractivity contribution in [2.75, 3.05) is 19.0 Å². The van der Waals surface area contributed by atoms with Crippen molar-refractivity contribution in [3.8, 4) is 0 Å². The first-order valence-corrected chi connectivity index (χ1v) is 10.9. The predicted octanol–water partition coefficient (Wildman–Crippen LogP) is 4.13. The second-order valence-electron chi connectivity index (χ2n) is 5.37. The summed E-state index contributed by atoms with van der Waals surface area (Å²) in [5, 5.41) is 8.92. The number of rotatable bonds is 10. The summed E-state index contributed by atoms with van der Waals surface area (Å²) in [7, 11) is 2.33. The van der Waals surface area contributed by atoms with Crippen LogP contribution < -0.4 is 0 Å². The van der Waals surface area contributed by atoms with Crippen molar-refractivity contribution in [2.24, 2.45) is 17.8 Å². The van der Waals surface area contributed by atoms with Crippen LogP contribution in [0.1, 0.15) is 34.6 Å². The van der Waals surface area contributed by atoms with Gasteiger partial charge in [0.1, 0.15) is 0 Å². The summed E-state index contributed by atoms with van der Waals surface area (Å²) in [6, 6.07) is 0. The number of carboxylic acid groups (broad SMARTS) is 1. The fourth-order valence-electron chi connectivity index (χ4n) is 0.832. The summed E-state index contributed by atoms with van der Waals surface area (Å²) < 4.78 is 11.7. The van der Waals surface area contributed by atoms with Gasteiger partial charge in [0, 0.05) is 5.75 Å². The number of carbonyl (C=O) groups is 1. The van der Waals surface area contributed by atoms with Crippen molar-refractivity contribution in [2.45, 2.75) is 34.6 Å². The van der Waals surface area contributed by atoms with Crippen molar-refractivity contribution in [1.82, 2.24) is 0 Å². The van der Waals surface area contributed by atoms with Crippen molar-refractivity contribution < 1.29 is 18.3 Å². The highest BCUT2D eigenvalue weighted by Crippen LogP contribution is 2.69.